The second-order valence-corrected chi connectivity index (χ2v) is 5.92. The van der Waals surface area contributed by atoms with Crippen molar-refractivity contribution in [2.75, 3.05) is 7.11 Å². The Bertz CT molecular complexity index is 1020. The summed E-state index contributed by atoms with van der Waals surface area (Å²) in [6.45, 7) is 1.94. The van der Waals surface area contributed by atoms with Crippen LogP contribution in [0, 0.1) is 6.92 Å². The number of aromatic nitrogens is 6. The van der Waals surface area contributed by atoms with Crippen molar-refractivity contribution in [3.05, 3.63) is 72.1 Å². The molecule has 130 valence electrons. The zero-order valence-corrected chi connectivity index (χ0v) is 14.5. The first-order valence-corrected chi connectivity index (χ1v) is 8.24. The average Bonchev–Trinajstić information content (AvgIpc) is 3.31. The molecule has 0 unspecified atom stereocenters. The smallest absolute Gasteiger partial charge is 0.238 e. The number of aromatic amines is 1. The van der Waals surface area contributed by atoms with E-state index < -0.39 is 0 Å². The van der Waals surface area contributed by atoms with Crippen LogP contribution >= 0.6 is 0 Å². The van der Waals surface area contributed by atoms with Crippen LogP contribution in [0.5, 0.6) is 5.88 Å². The minimum Gasteiger partial charge on any atom is -0.479 e. The van der Waals surface area contributed by atoms with Crippen LogP contribution in [0.4, 0.5) is 0 Å². The van der Waals surface area contributed by atoms with E-state index in [4.69, 9.17) is 4.74 Å². The van der Waals surface area contributed by atoms with Crippen molar-refractivity contribution in [3.8, 4) is 23.1 Å². The maximum absolute atomic E-state index is 5.45. The Hall–Kier alpha value is -3.48. The van der Waals surface area contributed by atoms with Gasteiger partial charge >= 0.3 is 0 Å². The normalized spacial score (nSPS) is 10.8. The number of hydrogen-bond acceptors (Lipinski definition) is 5. The molecule has 4 rings (SSSR count). The Kier molecular flexibility index (Phi) is 4.18. The quantitative estimate of drug-likeness (QED) is 0.601. The molecule has 4 aromatic rings. The van der Waals surface area contributed by atoms with Gasteiger partial charge in [-0.25, -0.2) is 15.0 Å². The van der Waals surface area contributed by atoms with Crippen LogP contribution in [0.3, 0.4) is 0 Å². The van der Waals surface area contributed by atoms with Gasteiger partial charge in [0, 0.05) is 12.6 Å². The van der Waals surface area contributed by atoms with Crippen molar-refractivity contribution in [1.29, 1.82) is 0 Å². The van der Waals surface area contributed by atoms with Gasteiger partial charge in [-0.3, -0.25) is 5.10 Å². The Balaban J connectivity index is 1.62. The summed E-state index contributed by atoms with van der Waals surface area (Å²) in [5.74, 6) is 1.83. The number of H-pyrrole nitrogens is 1. The zero-order chi connectivity index (χ0) is 17.9. The molecule has 0 aliphatic carbocycles. The number of rotatable bonds is 5. The molecule has 1 aromatic carbocycles. The first-order valence-electron chi connectivity index (χ1n) is 8.24. The van der Waals surface area contributed by atoms with Gasteiger partial charge in [0.05, 0.1) is 19.1 Å². The van der Waals surface area contributed by atoms with Gasteiger partial charge in [0.2, 0.25) is 5.88 Å². The molecule has 0 bridgehead atoms. The van der Waals surface area contributed by atoms with Crippen molar-refractivity contribution in [2.24, 2.45) is 0 Å². The topological polar surface area (TPSA) is 81.5 Å². The second kappa shape index (κ2) is 6.79. The Morgan fingerprint density at radius 2 is 1.92 bits per heavy atom. The van der Waals surface area contributed by atoms with E-state index in [1.54, 1.807) is 13.4 Å². The zero-order valence-electron chi connectivity index (χ0n) is 14.5. The summed E-state index contributed by atoms with van der Waals surface area (Å²) in [6, 6.07) is 13.9. The number of methoxy groups -OCH3 is 1. The van der Waals surface area contributed by atoms with Gasteiger partial charge in [-0.15, -0.1) is 0 Å². The molecule has 0 fully saturated rings. The third-order valence-electron chi connectivity index (χ3n) is 4.00. The van der Waals surface area contributed by atoms with Crippen molar-refractivity contribution in [3.63, 3.8) is 0 Å². The molecule has 0 amide bonds. The maximum Gasteiger partial charge on any atom is 0.238 e. The molecule has 7 nitrogen and oxygen atoms in total. The van der Waals surface area contributed by atoms with Crippen molar-refractivity contribution in [1.82, 2.24) is 29.7 Å². The average molecular weight is 346 g/mol. The lowest BCUT2D eigenvalue weighted by Crippen LogP contribution is -1.99. The fourth-order valence-electron chi connectivity index (χ4n) is 2.74. The van der Waals surface area contributed by atoms with E-state index in [0.29, 0.717) is 23.8 Å². The molecule has 0 atom stereocenters. The lowest BCUT2D eigenvalue weighted by molar-refractivity contribution is 0.396. The van der Waals surface area contributed by atoms with Gasteiger partial charge < -0.3 is 9.30 Å². The third-order valence-corrected chi connectivity index (χ3v) is 4.00. The van der Waals surface area contributed by atoms with Crippen LogP contribution in [-0.4, -0.2) is 36.8 Å². The number of aryl methyl sites for hydroxylation is 1. The van der Waals surface area contributed by atoms with Gasteiger partial charge in [0.25, 0.3) is 0 Å². The van der Waals surface area contributed by atoms with E-state index in [9.17, 15) is 0 Å². The first-order chi connectivity index (χ1) is 12.7. The third kappa shape index (κ3) is 3.19. The van der Waals surface area contributed by atoms with E-state index in [1.165, 1.54) is 5.56 Å². The molecule has 3 heterocycles. The maximum atomic E-state index is 5.45. The highest BCUT2D eigenvalue weighted by atomic mass is 16.5. The van der Waals surface area contributed by atoms with Crippen LogP contribution in [0.2, 0.25) is 0 Å². The van der Waals surface area contributed by atoms with Crippen molar-refractivity contribution in [2.45, 2.75) is 13.3 Å². The Morgan fingerprint density at radius 1 is 1.08 bits per heavy atom. The van der Waals surface area contributed by atoms with Crippen LogP contribution in [-0.2, 0) is 6.42 Å². The van der Waals surface area contributed by atoms with Crippen molar-refractivity contribution < 1.29 is 4.74 Å². The number of ether oxygens (including phenoxy) is 1. The number of benzene rings is 1. The van der Waals surface area contributed by atoms with Gasteiger partial charge in [-0.1, -0.05) is 30.3 Å². The van der Waals surface area contributed by atoms with E-state index in [0.717, 1.165) is 17.2 Å². The summed E-state index contributed by atoms with van der Waals surface area (Å²) in [7, 11) is 1.60. The number of hydrogen-bond donors (Lipinski definition) is 1. The second-order valence-electron chi connectivity index (χ2n) is 5.92. The number of nitrogens with zero attached hydrogens (tertiary/aromatic N) is 5. The Morgan fingerprint density at radius 3 is 2.65 bits per heavy atom. The monoisotopic (exact) mass is 346 g/mol. The summed E-state index contributed by atoms with van der Waals surface area (Å²) in [5, 5.41) is 7.27. The number of imidazole rings is 1. The van der Waals surface area contributed by atoms with E-state index in [-0.39, 0.29) is 0 Å². The summed E-state index contributed by atoms with van der Waals surface area (Å²) in [5.41, 5.74) is 3.57. The predicted octanol–water partition coefficient (Wildman–Crippen LogP) is 2.96. The summed E-state index contributed by atoms with van der Waals surface area (Å²) < 4.78 is 7.33. The number of pyridine rings is 1. The van der Waals surface area contributed by atoms with E-state index >= 15 is 0 Å². The summed E-state index contributed by atoms with van der Waals surface area (Å²) >= 11 is 0. The Labute approximate surface area is 150 Å². The lowest BCUT2D eigenvalue weighted by Gasteiger charge is -2.08. The molecule has 26 heavy (non-hydrogen) atoms. The molecule has 1 N–H and O–H groups in total. The van der Waals surface area contributed by atoms with Gasteiger partial charge in [-0.2, -0.15) is 5.10 Å². The SMILES string of the molecule is COc1nc(-c2n[nH]c(Cc3ccccc3)n2)ccc1-n1cnc(C)c1. The minimum absolute atomic E-state index is 0.495. The first kappa shape index (κ1) is 16.0. The van der Waals surface area contributed by atoms with Crippen LogP contribution < -0.4 is 4.74 Å². The molecule has 0 aliphatic rings. The highest BCUT2D eigenvalue weighted by molar-refractivity contribution is 5.55. The standard InChI is InChI=1S/C19H18N6O/c1-13-11-25(12-20-13)16-9-8-15(21-19(16)26-2)18-22-17(23-24-18)10-14-6-4-3-5-7-14/h3-9,11-12H,10H2,1-2H3,(H,22,23,24). The summed E-state index contributed by atoms with van der Waals surface area (Å²) in [6.07, 6.45) is 4.35. The van der Waals surface area contributed by atoms with Gasteiger partial charge in [0.1, 0.15) is 17.2 Å². The molecule has 0 saturated carbocycles. The largest absolute Gasteiger partial charge is 0.479 e. The summed E-state index contributed by atoms with van der Waals surface area (Å²) in [4.78, 5) is 13.3. The molecule has 0 spiro atoms. The minimum atomic E-state index is 0.495. The highest BCUT2D eigenvalue weighted by Gasteiger charge is 2.13. The molecule has 7 heteroatoms. The van der Waals surface area contributed by atoms with E-state index in [1.807, 2.05) is 48.0 Å². The number of nitrogens with one attached hydrogen (secondary N) is 1. The predicted molar refractivity (Wildman–Crippen MR) is 97.3 cm³/mol. The van der Waals surface area contributed by atoms with Crippen LogP contribution in [0.25, 0.3) is 17.2 Å². The van der Waals surface area contributed by atoms with Crippen LogP contribution in [0.1, 0.15) is 17.1 Å². The lowest BCUT2D eigenvalue weighted by atomic mass is 10.1. The highest BCUT2D eigenvalue weighted by Crippen LogP contribution is 2.24. The fraction of sp³-hybridized carbons (Fsp3) is 0.158. The molecule has 0 radical (unpaired) electrons. The molecular weight excluding hydrogens is 328 g/mol. The van der Waals surface area contributed by atoms with Crippen LogP contribution in [0.15, 0.2) is 55.0 Å². The van der Waals surface area contributed by atoms with Gasteiger partial charge in [0.15, 0.2) is 5.82 Å². The molecule has 0 aliphatic heterocycles. The molecule has 3 aromatic heterocycles. The van der Waals surface area contributed by atoms with E-state index in [2.05, 4.69) is 37.3 Å². The molecule has 0 saturated heterocycles. The molecular formula is C19H18N6O. The van der Waals surface area contributed by atoms with Gasteiger partial charge in [-0.05, 0) is 24.6 Å². The fourth-order valence-corrected chi connectivity index (χ4v) is 2.74. The van der Waals surface area contributed by atoms with Crippen molar-refractivity contribution >= 4 is 0 Å².